The normalized spacial score (nSPS) is 10.5. The molecule has 144 valence electrons. The van der Waals surface area contributed by atoms with Gasteiger partial charge in [-0.2, -0.15) is 5.10 Å². The highest BCUT2D eigenvalue weighted by Gasteiger charge is 2.16. The van der Waals surface area contributed by atoms with Gasteiger partial charge in [0.2, 0.25) is 0 Å². The summed E-state index contributed by atoms with van der Waals surface area (Å²) in [5.74, 6) is -0.617. The Bertz CT molecular complexity index is 991. The Morgan fingerprint density at radius 1 is 1.07 bits per heavy atom. The Kier molecular flexibility index (Phi) is 5.89. The summed E-state index contributed by atoms with van der Waals surface area (Å²) in [6, 6.07) is 14.5. The SMILES string of the molecule is CCCOC(=O)c1ccc(NC(=O)c2cnn(-c3ccccc3C)c2C)cc1. The van der Waals surface area contributed by atoms with Gasteiger partial charge in [-0.25, -0.2) is 9.48 Å². The van der Waals surface area contributed by atoms with Gasteiger partial charge in [0.15, 0.2) is 0 Å². The van der Waals surface area contributed by atoms with E-state index in [1.54, 1.807) is 35.1 Å². The molecule has 0 atom stereocenters. The number of ether oxygens (including phenoxy) is 1. The van der Waals surface area contributed by atoms with E-state index in [0.29, 0.717) is 23.4 Å². The highest BCUT2D eigenvalue weighted by atomic mass is 16.5. The van der Waals surface area contributed by atoms with Crippen molar-refractivity contribution in [2.45, 2.75) is 27.2 Å². The molecule has 1 amide bonds. The number of benzene rings is 2. The molecule has 3 aromatic rings. The number of carbonyl (C=O) groups excluding carboxylic acids is 2. The topological polar surface area (TPSA) is 73.2 Å². The number of aryl methyl sites for hydroxylation is 1. The molecule has 3 rings (SSSR count). The van der Waals surface area contributed by atoms with Crippen LogP contribution >= 0.6 is 0 Å². The number of para-hydroxylation sites is 1. The number of aromatic nitrogens is 2. The number of rotatable bonds is 6. The molecule has 6 heteroatoms. The lowest BCUT2D eigenvalue weighted by Gasteiger charge is -2.09. The molecular weight excluding hydrogens is 354 g/mol. The Hall–Kier alpha value is -3.41. The summed E-state index contributed by atoms with van der Waals surface area (Å²) >= 11 is 0. The highest BCUT2D eigenvalue weighted by molar-refractivity contribution is 6.05. The third-order valence-electron chi connectivity index (χ3n) is 4.41. The summed E-state index contributed by atoms with van der Waals surface area (Å²) < 4.78 is 6.86. The first kappa shape index (κ1) is 19.4. The zero-order valence-electron chi connectivity index (χ0n) is 16.2. The molecule has 0 unspecified atom stereocenters. The number of anilines is 1. The summed E-state index contributed by atoms with van der Waals surface area (Å²) in [5.41, 5.74) is 4.32. The Morgan fingerprint density at radius 3 is 2.46 bits per heavy atom. The summed E-state index contributed by atoms with van der Waals surface area (Å²) in [6.45, 7) is 6.20. The fourth-order valence-electron chi connectivity index (χ4n) is 2.84. The molecule has 0 aliphatic carbocycles. The molecular formula is C22H23N3O3. The largest absolute Gasteiger partial charge is 0.462 e. The molecule has 1 aromatic heterocycles. The molecule has 0 aliphatic heterocycles. The number of hydrogen-bond acceptors (Lipinski definition) is 4. The zero-order valence-corrected chi connectivity index (χ0v) is 16.2. The van der Waals surface area contributed by atoms with E-state index in [-0.39, 0.29) is 11.9 Å². The smallest absolute Gasteiger partial charge is 0.338 e. The van der Waals surface area contributed by atoms with Gasteiger partial charge >= 0.3 is 5.97 Å². The predicted molar refractivity (Wildman–Crippen MR) is 108 cm³/mol. The molecule has 1 N–H and O–H groups in total. The first-order valence-corrected chi connectivity index (χ1v) is 9.20. The number of amides is 1. The van der Waals surface area contributed by atoms with Crippen LogP contribution in [0.5, 0.6) is 0 Å². The molecule has 1 heterocycles. The molecule has 0 saturated carbocycles. The van der Waals surface area contributed by atoms with E-state index in [1.165, 1.54) is 0 Å². The Morgan fingerprint density at radius 2 is 1.79 bits per heavy atom. The third kappa shape index (κ3) is 4.11. The number of hydrogen-bond donors (Lipinski definition) is 1. The molecule has 0 radical (unpaired) electrons. The minimum atomic E-state index is -0.366. The van der Waals surface area contributed by atoms with Gasteiger partial charge in [0.25, 0.3) is 5.91 Å². The van der Waals surface area contributed by atoms with Crippen LogP contribution in [0.1, 0.15) is 45.3 Å². The van der Waals surface area contributed by atoms with Crippen LogP contribution in [0.3, 0.4) is 0 Å². The molecule has 0 saturated heterocycles. The quantitative estimate of drug-likeness (QED) is 0.650. The van der Waals surface area contributed by atoms with Gasteiger partial charge in [-0.3, -0.25) is 4.79 Å². The molecule has 28 heavy (non-hydrogen) atoms. The van der Waals surface area contributed by atoms with E-state index in [2.05, 4.69) is 10.4 Å². The van der Waals surface area contributed by atoms with Crippen molar-refractivity contribution in [2.75, 3.05) is 11.9 Å². The van der Waals surface area contributed by atoms with Crippen molar-refractivity contribution < 1.29 is 14.3 Å². The van der Waals surface area contributed by atoms with Crippen LogP contribution in [0.2, 0.25) is 0 Å². The van der Waals surface area contributed by atoms with Crippen LogP contribution in [0, 0.1) is 13.8 Å². The summed E-state index contributed by atoms with van der Waals surface area (Å²) in [7, 11) is 0. The van der Waals surface area contributed by atoms with Crippen molar-refractivity contribution in [3.05, 3.63) is 77.1 Å². The van der Waals surface area contributed by atoms with Crippen LogP contribution in [0.25, 0.3) is 5.69 Å². The highest BCUT2D eigenvalue weighted by Crippen LogP contribution is 2.19. The van der Waals surface area contributed by atoms with Crippen LogP contribution in [0.4, 0.5) is 5.69 Å². The van der Waals surface area contributed by atoms with Crippen molar-refractivity contribution in [3.63, 3.8) is 0 Å². The molecule has 2 aromatic carbocycles. The number of carbonyl (C=O) groups is 2. The number of esters is 1. The lowest BCUT2D eigenvalue weighted by Crippen LogP contribution is -2.13. The fraction of sp³-hybridized carbons (Fsp3) is 0.227. The first-order valence-electron chi connectivity index (χ1n) is 9.20. The second-order valence-electron chi connectivity index (χ2n) is 6.51. The van der Waals surface area contributed by atoms with E-state index in [0.717, 1.165) is 23.4 Å². The van der Waals surface area contributed by atoms with Crippen molar-refractivity contribution in [1.29, 1.82) is 0 Å². The lowest BCUT2D eigenvalue weighted by molar-refractivity contribution is 0.0505. The second-order valence-corrected chi connectivity index (χ2v) is 6.51. The van der Waals surface area contributed by atoms with Crippen LogP contribution in [-0.2, 0) is 4.74 Å². The average Bonchev–Trinajstić information content (AvgIpc) is 3.08. The molecule has 0 aliphatic rings. The Balaban J connectivity index is 1.74. The van der Waals surface area contributed by atoms with E-state index in [1.807, 2.05) is 45.0 Å². The summed E-state index contributed by atoms with van der Waals surface area (Å²) in [4.78, 5) is 24.5. The van der Waals surface area contributed by atoms with Gasteiger partial charge in [-0.05, 0) is 56.2 Å². The number of nitrogens with one attached hydrogen (secondary N) is 1. The summed E-state index contributed by atoms with van der Waals surface area (Å²) in [6.07, 6.45) is 2.34. The molecule has 0 spiro atoms. The summed E-state index contributed by atoms with van der Waals surface area (Å²) in [5, 5.41) is 7.21. The molecule has 6 nitrogen and oxygen atoms in total. The van der Waals surface area contributed by atoms with Crippen LogP contribution in [-0.4, -0.2) is 28.3 Å². The maximum absolute atomic E-state index is 12.7. The van der Waals surface area contributed by atoms with E-state index >= 15 is 0 Å². The van der Waals surface area contributed by atoms with Gasteiger partial charge < -0.3 is 10.1 Å². The standard InChI is InChI=1S/C22H23N3O3/c1-4-13-28-22(27)17-9-11-18(12-10-17)24-21(26)19-14-23-25(16(19)3)20-8-6-5-7-15(20)2/h5-12,14H,4,13H2,1-3H3,(H,24,26). The van der Waals surface area contributed by atoms with Crippen LogP contribution < -0.4 is 5.32 Å². The average molecular weight is 377 g/mol. The maximum atomic E-state index is 12.7. The van der Waals surface area contributed by atoms with Crippen LogP contribution in [0.15, 0.2) is 54.7 Å². The zero-order chi connectivity index (χ0) is 20.1. The van der Waals surface area contributed by atoms with E-state index in [9.17, 15) is 9.59 Å². The predicted octanol–water partition coefficient (Wildman–Crippen LogP) is 4.31. The van der Waals surface area contributed by atoms with Crippen molar-refractivity contribution in [2.24, 2.45) is 0 Å². The van der Waals surface area contributed by atoms with Gasteiger partial charge in [-0.1, -0.05) is 25.1 Å². The molecule has 0 bridgehead atoms. The minimum absolute atomic E-state index is 0.251. The van der Waals surface area contributed by atoms with E-state index in [4.69, 9.17) is 4.74 Å². The monoisotopic (exact) mass is 377 g/mol. The second kappa shape index (κ2) is 8.52. The number of nitrogens with zero attached hydrogens (tertiary/aromatic N) is 2. The van der Waals surface area contributed by atoms with Gasteiger partial charge in [0, 0.05) is 5.69 Å². The minimum Gasteiger partial charge on any atom is -0.462 e. The van der Waals surface area contributed by atoms with Crippen molar-refractivity contribution in [1.82, 2.24) is 9.78 Å². The van der Waals surface area contributed by atoms with Gasteiger partial charge in [0.05, 0.1) is 35.3 Å². The maximum Gasteiger partial charge on any atom is 0.338 e. The first-order chi connectivity index (χ1) is 13.5. The fourth-order valence-corrected chi connectivity index (χ4v) is 2.84. The van der Waals surface area contributed by atoms with E-state index < -0.39 is 0 Å². The van der Waals surface area contributed by atoms with Crippen molar-refractivity contribution in [3.8, 4) is 5.69 Å². The van der Waals surface area contributed by atoms with Gasteiger partial charge in [0.1, 0.15) is 0 Å². The third-order valence-corrected chi connectivity index (χ3v) is 4.41. The van der Waals surface area contributed by atoms with Crippen molar-refractivity contribution >= 4 is 17.6 Å². The lowest BCUT2D eigenvalue weighted by atomic mass is 10.2. The Labute approximate surface area is 164 Å². The molecule has 0 fully saturated rings. The van der Waals surface area contributed by atoms with Gasteiger partial charge in [-0.15, -0.1) is 0 Å².